The molecular formula is C23H32FN3O4. The van der Waals surface area contributed by atoms with Gasteiger partial charge in [0.1, 0.15) is 5.82 Å². The SMILES string of the molecule is CC(C)(C)C(=O)N1CCC(C(=O)OCC(=O)N2CCN(c3ccc(F)cc3)CC2)CC1. The van der Waals surface area contributed by atoms with Crippen molar-refractivity contribution in [3.63, 3.8) is 0 Å². The molecule has 1 aromatic rings. The molecule has 0 spiro atoms. The van der Waals surface area contributed by atoms with Crippen LogP contribution in [0.25, 0.3) is 0 Å². The fraction of sp³-hybridized carbons (Fsp3) is 0.609. The molecule has 2 amide bonds. The lowest BCUT2D eigenvalue weighted by Gasteiger charge is -2.36. The van der Waals surface area contributed by atoms with Gasteiger partial charge in [0.15, 0.2) is 6.61 Å². The fourth-order valence-electron chi connectivity index (χ4n) is 4.00. The number of halogens is 1. The first-order valence-electron chi connectivity index (χ1n) is 10.9. The third-order valence-corrected chi connectivity index (χ3v) is 5.92. The van der Waals surface area contributed by atoms with Crippen LogP contribution >= 0.6 is 0 Å². The Hall–Kier alpha value is -2.64. The van der Waals surface area contributed by atoms with Crippen LogP contribution in [-0.4, -0.2) is 73.5 Å². The van der Waals surface area contributed by atoms with Gasteiger partial charge in [0.05, 0.1) is 5.92 Å². The standard InChI is InChI=1S/C23H32FN3O4/c1-23(2,3)22(30)27-10-8-17(9-11-27)21(29)31-16-20(28)26-14-12-25(13-15-26)19-6-4-18(24)5-7-19/h4-7,17H,8-16H2,1-3H3. The van der Waals surface area contributed by atoms with Gasteiger partial charge in [-0.15, -0.1) is 0 Å². The largest absolute Gasteiger partial charge is 0.455 e. The van der Waals surface area contributed by atoms with Crippen molar-refractivity contribution in [3.05, 3.63) is 30.1 Å². The highest BCUT2D eigenvalue weighted by molar-refractivity contribution is 5.83. The monoisotopic (exact) mass is 433 g/mol. The third-order valence-electron chi connectivity index (χ3n) is 5.92. The summed E-state index contributed by atoms with van der Waals surface area (Å²) in [6.45, 7) is 8.84. The van der Waals surface area contributed by atoms with Gasteiger partial charge in [-0.2, -0.15) is 0 Å². The molecule has 2 saturated heterocycles. The van der Waals surface area contributed by atoms with Crippen molar-refractivity contribution in [2.75, 3.05) is 50.8 Å². The van der Waals surface area contributed by atoms with Gasteiger partial charge in [-0.3, -0.25) is 14.4 Å². The molecule has 170 valence electrons. The maximum absolute atomic E-state index is 13.1. The van der Waals surface area contributed by atoms with E-state index in [2.05, 4.69) is 4.90 Å². The number of carbonyl (C=O) groups is 3. The number of anilines is 1. The summed E-state index contributed by atoms with van der Waals surface area (Å²) in [4.78, 5) is 42.8. The molecule has 0 bridgehead atoms. The minimum atomic E-state index is -0.430. The van der Waals surface area contributed by atoms with Crippen molar-refractivity contribution in [1.82, 2.24) is 9.80 Å². The van der Waals surface area contributed by atoms with Crippen molar-refractivity contribution in [3.8, 4) is 0 Å². The van der Waals surface area contributed by atoms with Crippen LogP contribution in [0.3, 0.4) is 0 Å². The zero-order valence-corrected chi connectivity index (χ0v) is 18.6. The van der Waals surface area contributed by atoms with E-state index in [4.69, 9.17) is 4.74 Å². The van der Waals surface area contributed by atoms with Crippen LogP contribution in [0.5, 0.6) is 0 Å². The minimum absolute atomic E-state index is 0.0919. The lowest BCUT2D eigenvalue weighted by atomic mass is 9.91. The molecule has 2 fully saturated rings. The quantitative estimate of drug-likeness (QED) is 0.682. The molecule has 0 atom stereocenters. The van der Waals surface area contributed by atoms with Crippen LogP contribution in [-0.2, 0) is 19.1 Å². The van der Waals surface area contributed by atoms with E-state index in [1.165, 1.54) is 12.1 Å². The number of piperidine rings is 1. The van der Waals surface area contributed by atoms with Crippen molar-refractivity contribution in [2.24, 2.45) is 11.3 Å². The Bertz CT molecular complexity index is 790. The first-order chi connectivity index (χ1) is 14.6. The number of rotatable bonds is 4. The summed E-state index contributed by atoms with van der Waals surface area (Å²) < 4.78 is 18.4. The number of likely N-dealkylation sites (tertiary alicyclic amines) is 1. The predicted molar refractivity (Wildman–Crippen MR) is 115 cm³/mol. The zero-order valence-electron chi connectivity index (χ0n) is 18.6. The van der Waals surface area contributed by atoms with Crippen molar-refractivity contribution in [1.29, 1.82) is 0 Å². The van der Waals surface area contributed by atoms with Gasteiger partial charge < -0.3 is 19.4 Å². The molecule has 0 radical (unpaired) electrons. The minimum Gasteiger partial charge on any atom is -0.455 e. The molecule has 0 unspecified atom stereocenters. The molecule has 1 aromatic carbocycles. The Morgan fingerprint density at radius 3 is 2.06 bits per heavy atom. The second-order valence-corrected chi connectivity index (χ2v) is 9.27. The van der Waals surface area contributed by atoms with Crippen LogP contribution < -0.4 is 4.90 Å². The number of amides is 2. The van der Waals surface area contributed by atoms with Gasteiger partial charge in [0.25, 0.3) is 5.91 Å². The molecule has 0 saturated carbocycles. The van der Waals surface area contributed by atoms with Gasteiger partial charge >= 0.3 is 5.97 Å². The van der Waals surface area contributed by atoms with E-state index in [1.54, 1.807) is 21.9 Å². The molecule has 0 aliphatic carbocycles. The summed E-state index contributed by atoms with van der Waals surface area (Å²) in [6.07, 6.45) is 1.12. The summed E-state index contributed by atoms with van der Waals surface area (Å²) in [5.41, 5.74) is 0.497. The van der Waals surface area contributed by atoms with Gasteiger partial charge in [-0.25, -0.2) is 4.39 Å². The van der Waals surface area contributed by atoms with Crippen molar-refractivity contribution >= 4 is 23.5 Å². The summed E-state index contributed by atoms with van der Waals surface area (Å²) in [5.74, 6) is -1.01. The molecule has 2 heterocycles. The highest BCUT2D eigenvalue weighted by Crippen LogP contribution is 2.24. The van der Waals surface area contributed by atoms with E-state index in [9.17, 15) is 18.8 Å². The van der Waals surface area contributed by atoms with E-state index in [1.807, 2.05) is 20.8 Å². The normalized spacial score (nSPS) is 18.1. The van der Waals surface area contributed by atoms with E-state index >= 15 is 0 Å². The second-order valence-electron chi connectivity index (χ2n) is 9.27. The zero-order chi connectivity index (χ0) is 22.6. The molecule has 2 aliphatic rings. The number of esters is 1. The molecule has 0 aromatic heterocycles. The van der Waals surface area contributed by atoms with Gasteiger partial charge in [0.2, 0.25) is 5.91 Å². The predicted octanol–water partition coefficient (Wildman–Crippen LogP) is 2.30. The summed E-state index contributed by atoms with van der Waals surface area (Å²) in [7, 11) is 0. The van der Waals surface area contributed by atoms with Gasteiger partial charge in [-0.05, 0) is 37.1 Å². The van der Waals surface area contributed by atoms with Gasteiger partial charge in [-0.1, -0.05) is 20.8 Å². The Morgan fingerprint density at radius 2 is 1.52 bits per heavy atom. The van der Waals surface area contributed by atoms with Crippen LogP contribution in [0.1, 0.15) is 33.6 Å². The van der Waals surface area contributed by atoms with Crippen LogP contribution in [0.2, 0.25) is 0 Å². The summed E-state index contributed by atoms with van der Waals surface area (Å²) in [6, 6.07) is 6.32. The summed E-state index contributed by atoms with van der Waals surface area (Å²) in [5, 5.41) is 0. The number of piperazine rings is 1. The average Bonchev–Trinajstić information content (AvgIpc) is 2.77. The molecular weight excluding hydrogens is 401 g/mol. The second kappa shape index (κ2) is 9.66. The average molecular weight is 434 g/mol. The smallest absolute Gasteiger partial charge is 0.309 e. The molecule has 0 N–H and O–H groups in total. The molecule has 2 aliphatic heterocycles. The van der Waals surface area contributed by atoms with Crippen LogP contribution in [0, 0.1) is 17.2 Å². The number of carbonyl (C=O) groups excluding carboxylic acids is 3. The van der Waals surface area contributed by atoms with Crippen molar-refractivity contribution < 1.29 is 23.5 Å². The number of nitrogens with zero attached hydrogens (tertiary/aromatic N) is 3. The fourth-order valence-corrected chi connectivity index (χ4v) is 4.00. The van der Waals surface area contributed by atoms with Gasteiger partial charge in [0, 0.05) is 50.4 Å². The highest BCUT2D eigenvalue weighted by atomic mass is 19.1. The Kier molecular flexibility index (Phi) is 7.18. The first-order valence-corrected chi connectivity index (χ1v) is 10.9. The third kappa shape index (κ3) is 5.95. The Balaban J connectivity index is 1.39. The van der Waals surface area contributed by atoms with E-state index in [-0.39, 0.29) is 36.1 Å². The molecule has 8 heteroatoms. The lowest BCUT2D eigenvalue weighted by molar-refractivity contribution is -0.158. The van der Waals surface area contributed by atoms with Crippen molar-refractivity contribution in [2.45, 2.75) is 33.6 Å². The Morgan fingerprint density at radius 1 is 0.935 bits per heavy atom. The van der Waals surface area contributed by atoms with Crippen LogP contribution in [0.15, 0.2) is 24.3 Å². The van der Waals surface area contributed by atoms with E-state index in [0.717, 1.165) is 5.69 Å². The number of benzene rings is 1. The lowest BCUT2D eigenvalue weighted by Crippen LogP contribution is -2.50. The van der Waals surface area contributed by atoms with E-state index < -0.39 is 5.41 Å². The topological polar surface area (TPSA) is 70.2 Å². The molecule has 31 heavy (non-hydrogen) atoms. The first kappa shape index (κ1) is 23.0. The number of ether oxygens (including phenoxy) is 1. The Labute approximate surface area is 183 Å². The highest BCUT2D eigenvalue weighted by Gasteiger charge is 2.33. The van der Waals surface area contributed by atoms with Crippen LogP contribution in [0.4, 0.5) is 10.1 Å². The molecule has 3 rings (SSSR count). The maximum atomic E-state index is 13.1. The van der Waals surface area contributed by atoms with E-state index in [0.29, 0.717) is 52.1 Å². The number of hydrogen-bond acceptors (Lipinski definition) is 5. The molecule has 7 nitrogen and oxygen atoms in total. The number of hydrogen-bond donors (Lipinski definition) is 0. The summed E-state index contributed by atoms with van der Waals surface area (Å²) >= 11 is 0. The maximum Gasteiger partial charge on any atom is 0.309 e.